The molecule has 0 amide bonds. The number of hydrogen-bond acceptors (Lipinski definition) is 1. The minimum absolute atomic E-state index is 0.573. The van der Waals surface area contributed by atoms with Gasteiger partial charge in [-0.05, 0) is 31.6 Å². The quantitative estimate of drug-likeness (QED) is 0.610. The van der Waals surface area contributed by atoms with E-state index in [1.165, 1.54) is 32.1 Å². The summed E-state index contributed by atoms with van der Waals surface area (Å²) in [5, 5.41) is 0. The van der Waals surface area contributed by atoms with Crippen molar-refractivity contribution in [3.05, 3.63) is 0 Å². The molecule has 0 N–H and O–H groups in total. The van der Waals surface area contributed by atoms with Crippen molar-refractivity contribution in [1.82, 2.24) is 0 Å². The van der Waals surface area contributed by atoms with Gasteiger partial charge in [0.1, 0.15) is 0 Å². The van der Waals surface area contributed by atoms with E-state index in [4.69, 9.17) is 4.74 Å². The Kier molecular flexibility index (Phi) is 3.92. The highest BCUT2D eigenvalue weighted by Crippen LogP contribution is 2.26. The Bertz CT molecular complexity index is 99.0. The minimum Gasteiger partial charge on any atom is -0.378 e. The van der Waals surface area contributed by atoms with Gasteiger partial charge in [-0.15, -0.1) is 0 Å². The molecule has 0 spiro atoms. The van der Waals surface area contributed by atoms with E-state index in [1.54, 1.807) is 0 Å². The molecule has 1 rings (SSSR count). The van der Waals surface area contributed by atoms with Crippen LogP contribution in [0.1, 0.15) is 46.0 Å². The van der Waals surface area contributed by atoms with Crippen molar-refractivity contribution in [2.24, 2.45) is 5.92 Å². The molecule has 11 heavy (non-hydrogen) atoms. The Morgan fingerprint density at radius 1 is 1.36 bits per heavy atom. The van der Waals surface area contributed by atoms with E-state index in [9.17, 15) is 0 Å². The lowest BCUT2D eigenvalue weighted by Crippen LogP contribution is -2.28. The van der Waals surface area contributed by atoms with E-state index in [1.807, 2.05) is 0 Å². The minimum atomic E-state index is 0.573. The second-order valence-electron chi connectivity index (χ2n) is 3.51. The zero-order valence-corrected chi connectivity index (χ0v) is 7.81. The molecule has 1 nitrogen and oxygen atoms in total. The average Bonchev–Trinajstić information content (AvgIpc) is 2.06. The molecule has 66 valence electrons. The van der Waals surface area contributed by atoms with E-state index < -0.39 is 0 Å². The van der Waals surface area contributed by atoms with Crippen LogP contribution in [-0.2, 0) is 4.74 Å². The van der Waals surface area contributed by atoms with Gasteiger partial charge in [-0.1, -0.05) is 20.3 Å². The lowest BCUT2D eigenvalue weighted by molar-refractivity contribution is -0.0307. The highest BCUT2D eigenvalue weighted by Gasteiger charge is 2.22. The first-order chi connectivity index (χ1) is 5.38. The van der Waals surface area contributed by atoms with Crippen LogP contribution in [0.4, 0.5) is 0 Å². The molecule has 0 aromatic carbocycles. The molecule has 0 saturated carbocycles. The topological polar surface area (TPSA) is 9.23 Å². The van der Waals surface area contributed by atoms with Gasteiger partial charge in [0.2, 0.25) is 0 Å². The largest absolute Gasteiger partial charge is 0.378 e. The highest BCUT2D eigenvalue weighted by atomic mass is 16.5. The van der Waals surface area contributed by atoms with Crippen LogP contribution in [-0.4, -0.2) is 12.7 Å². The fourth-order valence-electron chi connectivity index (χ4n) is 2.05. The Labute approximate surface area is 70.1 Å². The monoisotopic (exact) mass is 156 g/mol. The zero-order chi connectivity index (χ0) is 8.10. The molecule has 0 bridgehead atoms. The smallest absolute Gasteiger partial charge is 0.0600 e. The van der Waals surface area contributed by atoms with E-state index in [0.29, 0.717) is 6.10 Å². The molecule has 1 heterocycles. The third kappa shape index (κ3) is 2.48. The van der Waals surface area contributed by atoms with Gasteiger partial charge in [-0.3, -0.25) is 0 Å². The maximum atomic E-state index is 5.69. The third-order valence-corrected chi connectivity index (χ3v) is 2.64. The summed E-state index contributed by atoms with van der Waals surface area (Å²) in [6.07, 6.45) is 7.12. The number of rotatable bonds is 3. The van der Waals surface area contributed by atoms with Crippen molar-refractivity contribution < 1.29 is 4.74 Å². The van der Waals surface area contributed by atoms with Crippen LogP contribution in [0.15, 0.2) is 0 Å². The van der Waals surface area contributed by atoms with Crippen molar-refractivity contribution in [2.45, 2.75) is 52.1 Å². The lowest BCUT2D eigenvalue weighted by atomic mass is 9.89. The molecule has 0 radical (unpaired) electrons. The third-order valence-electron chi connectivity index (χ3n) is 2.64. The van der Waals surface area contributed by atoms with Crippen molar-refractivity contribution in [1.29, 1.82) is 0 Å². The summed E-state index contributed by atoms with van der Waals surface area (Å²) < 4.78 is 5.69. The maximum Gasteiger partial charge on any atom is 0.0600 e. The second-order valence-corrected chi connectivity index (χ2v) is 3.51. The van der Waals surface area contributed by atoms with Crippen LogP contribution in [0.2, 0.25) is 0 Å². The van der Waals surface area contributed by atoms with E-state index >= 15 is 0 Å². The molecule has 1 aliphatic rings. The molecule has 1 heteroatoms. The van der Waals surface area contributed by atoms with Crippen LogP contribution >= 0.6 is 0 Å². The molecule has 2 atom stereocenters. The SMILES string of the molecule is CCCC1CCCOC1CC. The predicted octanol–water partition coefficient (Wildman–Crippen LogP) is 2.99. The first-order valence-electron chi connectivity index (χ1n) is 5.00. The summed E-state index contributed by atoms with van der Waals surface area (Å²) in [6.45, 7) is 5.50. The number of ether oxygens (including phenoxy) is 1. The summed E-state index contributed by atoms with van der Waals surface area (Å²) in [7, 11) is 0. The van der Waals surface area contributed by atoms with Crippen LogP contribution in [0.3, 0.4) is 0 Å². The molecule has 0 aliphatic carbocycles. The Balaban J connectivity index is 2.31. The van der Waals surface area contributed by atoms with Crippen molar-refractivity contribution in [3.63, 3.8) is 0 Å². The Morgan fingerprint density at radius 3 is 2.82 bits per heavy atom. The van der Waals surface area contributed by atoms with E-state index in [-0.39, 0.29) is 0 Å². The van der Waals surface area contributed by atoms with Gasteiger partial charge in [-0.2, -0.15) is 0 Å². The highest BCUT2D eigenvalue weighted by molar-refractivity contribution is 4.72. The van der Waals surface area contributed by atoms with Gasteiger partial charge in [0.15, 0.2) is 0 Å². The van der Waals surface area contributed by atoms with Crippen molar-refractivity contribution in [3.8, 4) is 0 Å². The summed E-state index contributed by atoms with van der Waals surface area (Å²) in [4.78, 5) is 0. The average molecular weight is 156 g/mol. The van der Waals surface area contributed by atoms with Crippen LogP contribution in [0, 0.1) is 5.92 Å². The van der Waals surface area contributed by atoms with E-state index in [2.05, 4.69) is 13.8 Å². The first kappa shape index (κ1) is 9.05. The van der Waals surface area contributed by atoms with Crippen LogP contribution in [0.5, 0.6) is 0 Å². The molecular formula is C10H20O. The molecule has 2 unspecified atom stereocenters. The van der Waals surface area contributed by atoms with Crippen LogP contribution < -0.4 is 0 Å². The van der Waals surface area contributed by atoms with E-state index in [0.717, 1.165) is 12.5 Å². The first-order valence-corrected chi connectivity index (χ1v) is 5.00. The molecule has 1 aliphatic heterocycles. The summed E-state index contributed by atoms with van der Waals surface area (Å²) in [6, 6.07) is 0. The van der Waals surface area contributed by atoms with Gasteiger partial charge in [-0.25, -0.2) is 0 Å². The summed E-state index contributed by atoms with van der Waals surface area (Å²) >= 11 is 0. The molecular weight excluding hydrogens is 136 g/mol. The normalized spacial score (nSPS) is 32.2. The summed E-state index contributed by atoms with van der Waals surface area (Å²) in [5.41, 5.74) is 0. The van der Waals surface area contributed by atoms with Gasteiger partial charge >= 0.3 is 0 Å². The molecule has 0 aromatic rings. The Morgan fingerprint density at radius 2 is 2.18 bits per heavy atom. The summed E-state index contributed by atoms with van der Waals surface area (Å²) in [5.74, 6) is 0.860. The maximum absolute atomic E-state index is 5.69. The van der Waals surface area contributed by atoms with Crippen molar-refractivity contribution >= 4 is 0 Å². The van der Waals surface area contributed by atoms with Gasteiger partial charge in [0.25, 0.3) is 0 Å². The second kappa shape index (κ2) is 4.76. The molecule has 1 saturated heterocycles. The van der Waals surface area contributed by atoms with Gasteiger partial charge in [0, 0.05) is 6.61 Å². The van der Waals surface area contributed by atoms with Crippen LogP contribution in [0.25, 0.3) is 0 Å². The standard InChI is InChI=1S/C10H20O/c1-3-6-9-7-5-8-11-10(9)4-2/h9-10H,3-8H2,1-2H3. The Hall–Kier alpha value is -0.0400. The van der Waals surface area contributed by atoms with Gasteiger partial charge in [0.05, 0.1) is 6.10 Å². The fourth-order valence-corrected chi connectivity index (χ4v) is 2.05. The predicted molar refractivity (Wildman–Crippen MR) is 47.7 cm³/mol. The molecule has 0 aromatic heterocycles. The van der Waals surface area contributed by atoms with Gasteiger partial charge < -0.3 is 4.74 Å². The lowest BCUT2D eigenvalue weighted by Gasteiger charge is -2.30. The van der Waals surface area contributed by atoms with Crippen molar-refractivity contribution in [2.75, 3.05) is 6.61 Å². The number of hydrogen-bond donors (Lipinski definition) is 0. The molecule has 1 fully saturated rings. The fraction of sp³-hybridized carbons (Fsp3) is 1.00. The zero-order valence-electron chi connectivity index (χ0n) is 7.81.